The Balaban J connectivity index is 3.49. The van der Waals surface area contributed by atoms with E-state index in [-0.39, 0.29) is 6.10 Å². The second kappa shape index (κ2) is 17.5. The summed E-state index contributed by atoms with van der Waals surface area (Å²) in [6.45, 7) is 11.8. The van der Waals surface area contributed by atoms with Crippen LogP contribution in [-0.4, -0.2) is 28.1 Å². The fourth-order valence-corrected chi connectivity index (χ4v) is 5.45. The normalized spacial score (nSPS) is 13.3. The van der Waals surface area contributed by atoms with Crippen LogP contribution in [-0.2, 0) is 13.3 Å². The monoisotopic (exact) mass is 374 g/mol. The van der Waals surface area contributed by atoms with E-state index in [0.29, 0.717) is 13.2 Å². The molecule has 0 saturated carbocycles. The van der Waals surface area contributed by atoms with Gasteiger partial charge in [-0.15, -0.1) is 0 Å². The van der Waals surface area contributed by atoms with Crippen molar-refractivity contribution in [2.75, 3.05) is 13.2 Å². The second-order valence-electron chi connectivity index (χ2n) is 7.33. The van der Waals surface area contributed by atoms with Crippen LogP contribution in [0.25, 0.3) is 0 Å². The summed E-state index contributed by atoms with van der Waals surface area (Å²) in [5, 5.41) is 0. The predicted octanol–water partition coefficient (Wildman–Crippen LogP) is 7.12. The third kappa shape index (κ3) is 16.0. The van der Waals surface area contributed by atoms with Crippen LogP contribution in [0.1, 0.15) is 111 Å². The lowest BCUT2D eigenvalue weighted by molar-refractivity contribution is 0.0407. The molecule has 3 nitrogen and oxygen atoms in total. The zero-order valence-electron chi connectivity index (χ0n) is 17.9. The van der Waals surface area contributed by atoms with Gasteiger partial charge in [0.15, 0.2) is 0 Å². The molecule has 0 aromatic carbocycles. The van der Waals surface area contributed by atoms with Gasteiger partial charge in [-0.2, -0.15) is 0 Å². The Hall–Kier alpha value is 0.0969. The van der Waals surface area contributed by atoms with Crippen molar-refractivity contribution < 1.29 is 13.3 Å². The lowest BCUT2D eigenvalue weighted by Gasteiger charge is -2.28. The Kier molecular flexibility index (Phi) is 17.6. The zero-order chi connectivity index (χ0) is 18.8. The summed E-state index contributed by atoms with van der Waals surface area (Å²) in [5.74, 6) is 0. The molecule has 1 atom stereocenters. The van der Waals surface area contributed by atoms with Crippen LogP contribution < -0.4 is 0 Å². The van der Waals surface area contributed by atoms with Crippen LogP contribution in [0, 0.1) is 0 Å². The maximum atomic E-state index is 6.11. The summed E-state index contributed by atoms with van der Waals surface area (Å²) < 4.78 is 17.6. The molecule has 0 aromatic heterocycles. The van der Waals surface area contributed by atoms with Crippen molar-refractivity contribution in [2.24, 2.45) is 0 Å². The molecule has 25 heavy (non-hydrogen) atoms. The molecule has 0 aliphatic carbocycles. The molecule has 152 valence electrons. The average Bonchev–Trinajstić information content (AvgIpc) is 2.56. The summed E-state index contributed by atoms with van der Waals surface area (Å²) in [7, 11) is -2.42. The van der Waals surface area contributed by atoms with E-state index in [2.05, 4.69) is 13.8 Å². The molecule has 0 aromatic rings. The summed E-state index contributed by atoms with van der Waals surface area (Å²) in [4.78, 5) is 0. The van der Waals surface area contributed by atoms with Gasteiger partial charge in [0.05, 0.1) is 0 Å². The molecule has 4 heteroatoms. The van der Waals surface area contributed by atoms with Gasteiger partial charge >= 0.3 is 8.80 Å². The van der Waals surface area contributed by atoms with Gasteiger partial charge in [-0.05, 0) is 27.2 Å². The topological polar surface area (TPSA) is 27.7 Å². The lowest BCUT2D eigenvalue weighted by atomic mass is 10.0. The Morgan fingerprint density at radius 2 is 1.04 bits per heavy atom. The molecule has 0 saturated heterocycles. The van der Waals surface area contributed by atoms with Gasteiger partial charge in [-0.25, -0.2) is 0 Å². The van der Waals surface area contributed by atoms with Gasteiger partial charge in [0.2, 0.25) is 0 Å². The molecule has 0 N–H and O–H groups in total. The third-order valence-corrected chi connectivity index (χ3v) is 7.15. The molecule has 0 amide bonds. The number of hydrogen-bond acceptors (Lipinski definition) is 3. The van der Waals surface area contributed by atoms with Crippen molar-refractivity contribution >= 4 is 8.80 Å². The zero-order valence-corrected chi connectivity index (χ0v) is 18.9. The molecular formula is C21H46O3Si. The van der Waals surface area contributed by atoms with E-state index < -0.39 is 8.80 Å². The fourth-order valence-electron chi connectivity index (χ4n) is 3.33. The molecule has 0 rings (SSSR count). The van der Waals surface area contributed by atoms with E-state index in [0.717, 1.165) is 6.42 Å². The molecule has 0 bridgehead atoms. The standard InChI is InChI=1S/C21H46O3Si/c1-6-9-10-11-12-13-14-15-16-17-18-19-20-21(4)24-25(5,22-7-2)23-8-3/h21H,6-20H2,1-5H3. The van der Waals surface area contributed by atoms with E-state index in [1.165, 1.54) is 77.0 Å². The van der Waals surface area contributed by atoms with E-state index in [1.807, 2.05) is 20.4 Å². The van der Waals surface area contributed by atoms with E-state index >= 15 is 0 Å². The first-order chi connectivity index (χ1) is 12.1. The van der Waals surface area contributed by atoms with Crippen molar-refractivity contribution in [3.8, 4) is 0 Å². The fraction of sp³-hybridized carbons (Fsp3) is 1.00. The molecule has 0 heterocycles. The van der Waals surface area contributed by atoms with Crippen LogP contribution in [0.15, 0.2) is 0 Å². The summed E-state index contributed by atoms with van der Waals surface area (Å²) >= 11 is 0. The van der Waals surface area contributed by atoms with Crippen LogP contribution in [0.3, 0.4) is 0 Å². The third-order valence-electron chi connectivity index (χ3n) is 4.69. The minimum Gasteiger partial charge on any atom is -0.374 e. The Bertz CT molecular complexity index is 268. The van der Waals surface area contributed by atoms with Crippen LogP contribution >= 0.6 is 0 Å². The Morgan fingerprint density at radius 1 is 0.640 bits per heavy atom. The first-order valence-electron chi connectivity index (χ1n) is 11.0. The molecule has 0 aliphatic rings. The SMILES string of the molecule is CCCCCCCCCCCCCCC(C)O[Si](C)(OCC)OCC. The first kappa shape index (κ1) is 25.1. The van der Waals surface area contributed by atoms with Crippen LogP contribution in [0.2, 0.25) is 6.55 Å². The van der Waals surface area contributed by atoms with Crippen molar-refractivity contribution in [3.63, 3.8) is 0 Å². The smallest absolute Gasteiger partial charge is 0.374 e. The minimum absolute atomic E-state index is 0.234. The van der Waals surface area contributed by atoms with Gasteiger partial charge in [-0.1, -0.05) is 84.0 Å². The quantitative estimate of drug-likeness (QED) is 0.178. The van der Waals surface area contributed by atoms with E-state index in [4.69, 9.17) is 13.3 Å². The van der Waals surface area contributed by atoms with Gasteiger partial charge < -0.3 is 13.3 Å². The molecular weight excluding hydrogens is 328 g/mol. The van der Waals surface area contributed by atoms with E-state index in [9.17, 15) is 0 Å². The first-order valence-corrected chi connectivity index (χ1v) is 13.3. The number of rotatable bonds is 19. The lowest BCUT2D eigenvalue weighted by Crippen LogP contribution is -2.45. The molecule has 0 radical (unpaired) electrons. The maximum Gasteiger partial charge on any atom is 0.497 e. The highest BCUT2D eigenvalue weighted by molar-refractivity contribution is 6.59. The van der Waals surface area contributed by atoms with Crippen LogP contribution in [0.5, 0.6) is 0 Å². The van der Waals surface area contributed by atoms with Crippen molar-refractivity contribution in [3.05, 3.63) is 0 Å². The Labute approximate surface area is 159 Å². The van der Waals surface area contributed by atoms with Gasteiger partial charge in [0.1, 0.15) is 0 Å². The average molecular weight is 375 g/mol. The molecule has 0 aliphatic heterocycles. The highest BCUT2D eigenvalue weighted by atomic mass is 28.4. The largest absolute Gasteiger partial charge is 0.497 e. The highest BCUT2D eigenvalue weighted by Crippen LogP contribution is 2.17. The highest BCUT2D eigenvalue weighted by Gasteiger charge is 2.35. The number of hydrogen-bond donors (Lipinski definition) is 0. The van der Waals surface area contributed by atoms with Crippen molar-refractivity contribution in [1.29, 1.82) is 0 Å². The number of unbranched alkanes of at least 4 members (excludes halogenated alkanes) is 11. The second-order valence-corrected chi connectivity index (χ2v) is 9.87. The Morgan fingerprint density at radius 3 is 1.44 bits per heavy atom. The summed E-state index contributed by atoms with van der Waals surface area (Å²) in [6.07, 6.45) is 18.1. The van der Waals surface area contributed by atoms with Crippen LogP contribution in [0.4, 0.5) is 0 Å². The molecule has 0 fully saturated rings. The van der Waals surface area contributed by atoms with Gasteiger partial charge in [0, 0.05) is 25.9 Å². The van der Waals surface area contributed by atoms with Crippen molar-refractivity contribution in [2.45, 2.75) is 124 Å². The van der Waals surface area contributed by atoms with Gasteiger partial charge in [0.25, 0.3) is 0 Å². The molecule has 1 unspecified atom stereocenters. The predicted molar refractivity (Wildman–Crippen MR) is 111 cm³/mol. The van der Waals surface area contributed by atoms with E-state index in [1.54, 1.807) is 0 Å². The summed E-state index contributed by atoms with van der Waals surface area (Å²) in [6, 6.07) is 0. The minimum atomic E-state index is -2.42. The molecule has 0 spiro atoms. The summed E-state index contributed by atoms with van der Waals surface area (Å²) in [5.41, 5.74) is 0. The van der Waals surface area contributed by atoms with Crippen molar-refractivity contribution in [1.82, 2.24) is 0 Å². The maximum absolute atomic E-state index is 6.11. The van der Waals surface area contributed by atoms with Gasteiger partial charge in [-0.3, -0.25) is 0 Å².